The van der Waals surface area contributed by atoms with Crippen molar-refractivity contribution in [2.24, 2.45) is 7.05 Å². The molecule has 2 aromatic rings. The highest BCUT2D eigenvalue weighted by Crippen LogP contribution is 2.30. The Balaban J connectivity index is 2.16. The summed E-state index contributed by atoms with van der Waals surface area (Å²) in [5.41, 5.74) is 2.25. The van der Waals surface area contributed by atoms with Crippen LogP contribution in [0.15, 0.2) is 30.5 Å². The van der Waals surface area contributed by atoms with Crippen LogP contribution in [0.25, 0.3) is 0 Å². The summed E-state index contributed by atoms with van der Waals surface area (Å²) in [6.45, 7) is 4.25. The fraction of sp³-hybridized carbons (Fsp3) is 0.438. The largest absolute Gasteiger partial charge is 0.497 e. The second kappa shape index (κ2) is 6.63. The highest BCUT2D eigenvalue weighted by atomic mass is 16.5. The zero-order valence-electron chi connectivity index (χ0n) is 13.3. The number of aromatic nitrogens is 2. The zero-order valence-corrected chi connectivity index (χ0v) is 13.3. The molecule has 1 heterocycles. The number of nitrogens with zero attached hydrogens (tertiary/aromatic N) is 2. The minimum absolute atomic E-state index is 0.149. The van der Waals surface area contributed by atoms with E-state index in [0.29, 0.717) is 0 Å². The van der Waals surface area contributed by atoms with E-state index in [1.807, 2.05) is 42.2 Å². The van der Waals surface area contributed by atoms with Crippen LogP contribution in [0.1, 0.15) is 37.2 Å². The van der Waals surface area contributed by atoms with Gasteiger partial charge in [-0.15, -0.1) is 0 Å². The molecule has 2 atom stereocenters. The lowest BCUT2D eigenvalue weighted by Crippen LogP contribution is -2.24. The Morgan fingerprint density at radius 2 is 1.86 bits per heavy atom. The molecule has 0 aliphatic rings. The summed E-state index contributed by atoms with van der Waals surface area (Å²) in [6.07, 6.45) is 1.81. The predicted octanol–water partition coefficient (Wildman–Crippen LogP) is 2.85. The lowest BCUT2D eigenvalue weighted by atomic mass is 10.1. The molecular weight excluding hydrogens is 266 g/mol. The Morgan fingerprint density at radius 3 is 2.43 bits per heavy atom. The second-order valence-electron chi connectivity index (χ2n) is 5.10. The number of hydrogen-bond donors (Lipinski definition) is 1. The average molecular weight is 289 g/mol. The van der Waals surface area contributed by atoms with Crippen molar-refractivity contribution in [2.45, 2.75) is 25.9 Å². The number of aryl methyl sites for hydroxylation is 1. The Labute approximate surface area is 125 Å². The molecule has 5 heteroatoms. The molecule has 1 N–H and O–H groups in total. The van der Waals surface area contributed by atoms with Gasteiger partial charge >= 0.3 is 0 Å². The van der Waals surface area contributed by atoms with E-state index in [2.05, 4.69) is 24.3 Å². The average Bonchev–Trinajstić information content (AvgIpc) is 2.92. The number of nitrogens with one attached hydrogen (secondary N) is 1. The van der Waals surface area contributed by atoms with Crippen LogP contribution in [0, 0.1) is 0 Å². The Bertz CT molecular complexity index is 595. The first kappa shape index (κ1) is 15.4. The van der Waals surface area contributed by atoms with Gasteiger partial charge < -0.3 is 14.8 Å². The van der Waals surface area contributed by atoms with Gasteiger partial charge in [-0.2, -0.15) is 5.10 Å². The van der Waals surface area contributed by atoms with Crippen molar-refractivity contribution in [3.8, 4) is 11.5 Å². The van der Waals surface area contributed by atoms with Crippen LogP contribution in [0.2, 0.25) is 0 Å². The lowest BCUT2D eigenvalue weighted by Gasteiger charge is -2.22. The molecule has 114 valence electrons. The molecule has 1 aromatic heterocycles. The minimum Gasteiger partial charge on any atom is -0.497 e. The summed E-state index contributed by atoms with van der Waals surface area (Å²) >= 11 is 0. The summed E-state index contributed by atoms with van der Waals surface area (Å²) in [7, 11) is 5.28. The van der Waals surface area contributed by atoms with Crippen LogP contribution in [-0.2, 0) is 7.05 Å². The van der Waals surface area contributed by atoms with Crippen molar-refractivity contribution in [3.05, 3.63) is 41.7 Å². The maximum Gasteiger partial charge on any atom is 0.127 e. The summed E-state index contributed by atoms with van der Waals surface area (Å²) in [5.74, 6) is 1.62. The van der Waals surface area contributed by atoms with Crippen LogP contribution in [0.5, 0.6) is 11.5 Å². The zero-order chi connectivity index (χ0) is 15.4. The molecule has 21 heavy (non-hydrogen) atoms. The van der Waals surface area contributed by atoms with Gasteiger partial charge in [0.2, 0.25) is 0 Å². The molecule has 2 rings (SSSR count). The molecule has 0 spiro atoms. The molecule has 0 saturated heterocycles. The van der Waals surface area contributed by atoms with Gasteiger partial charge in [0, 0.05) is 37.0 Å². The standard InChI is InChI=1S/C16H23N3O2/c1-11(18-12(2)15-8-9-17-19(15)3)14-7-6-13(20-4)10-16(14)21-5/h6-12,18H,1-5H3. The molecule has 5 nitrogen and oxygen atoms in total. The molecular formula is C16H23N3O2. The van der Waals surface area contributed by atoms with Gasteiger partial charge in [-0.05, 0) is 26.0 Å². The monoisotopic (exact) mass is 289 g/mol. The first-order chi connectivity index (χ1) is 10.1. The van der Waals surface area contributed by atoms with Gasteiger partial charge in [-0.1, -0.05) is 6.07 Å². The summed E-state index contributed by atoms with van der Waals surface area (Å²) in [5, 5.41) is 7.78. The van der Waals surface area contributed by atoms with Crippen molar-refractivity contribution >= 4 is 0 Å². The fourth-order valence-corrected chi connectivity index (χ4v) is 2.54. The van der Waals surface area contributed by atoms with E-state index < -0.39 is 0 Å². The highest BCUT2D eigenvalue weighted by Gasteiger charge is 2.17. The molecule has 0 aliphatic carbocycles. The van der Waals surface area contributed by atoms with Gasteiger partial charge in [-0.3, -0.25) is 4.68 Å². The van der Waals surface area contributed by atoms with E-state index in [4.69, 9.17) is 9.47 Å². The SMILES string of the molecule is COc1ccc(C(C)NC(C)c2ccnn2C)c(OC)c1. The van der Waals surface area contributed by atoms with E-state index in [1.165, 1.54) is 0 Å². The van der Waals surface area contributed by atoms with E-state index in [1.54, 1.807) is 14.2 Å². The molecule has 0 amide bonds. The van der Waals surface area contributed by atoms with Crippen molar-refractivity contribution in [1.29, 1.82) is 0 Å². The molecule has 0 bridgehead atoms. The Morgan fingerprint density at radius 1 is 1.10 bits per heavy atom. The first-order valence-electron chi connectivity index (χ1n) is 7.02. The van der Waals surface area contributed by atoms with Crippen LogP contribution in [0.3, 0.4) is 0 Å². The van der Waals surface area contributed by atoms with E-state index in [9.17, 15) is 0 Å². The number of hydrogen-bond acceptors (Lipinski definition) is 4. The van der Waals surface area contributed by atoms with Crippen LogP contribution in [0.4, 0.5) is 0 Å². The van der Waals surface area contributed by atoms with Gasteiger partial charge in [0.15, 0.2) is 0 Å². The van der Waals surface area contributed by atoms with E-state index in [0.717, 1.165) is 22.8 Å². The lowest BCUT2D eigenvalue weighted by molar-refractivity contribution is 0.381. The van der Waals surface area contributed by atoms with Crippen molar-refractivity contribution in [3.63, 3.8) is 0 Å². The minimum atomic E-state index is 0.149. The third kappa shape index (κ3) is 3.36. The number of ether oxygens (including phenoxy) is 2. The predicted molar refractivity (Wildman–Crippen MR) is 82.7 cm³/mol. The van der Waals surface area contributed by atoms with Crippen LogP contribution in [-0.4, -0.2) is 24.0 Å². The van der Waals surface area contributed by atoms with Crippen molar-refractivity contribution < 1.29 is 9.47 Å². The normalized spacial score (nSPS) is 13.8. The van der Waals surface area contributed by atoms with Crippen molar-refractivity contribution in [2.75, 3.05) is 14.2 Å². The molecule has 0 aliphatic heterocycles. The highest BCUT2D eigenvalue weighted by molar-refractivity contribution is 5.42. The second-order valence-corrected chi connectivity index (χ2v) is 5.10. The fourth-order valence-electron chi connectivity index (χ4n) is 2.54. The summed E-state index contributed by atoms with van der Waals surface area (Å²) in [4.78, 5) is 0. The summed E-state index contributed by atoms with van der Waals surface area (Å²) < 4.78 is 12.6. The Hall–Kier alpha value is -2.01. The molecule has 0 radical (unpaired) electrons. The molecule has 0 fully saturated rings. The molecule has 2 unspecified atom stereocenters. The van der Waals surface area contributed by atoms with Crippen molar-refractivity contribution in [1.82, 2.24) is 15.1 Å². The van der Waals surface area contributed by atoms with Gasteiger partial charge in [0.1, 0.15) is 11.5 Å². The van der Waals surface area contributed by atoms with Gasteiger partial charge in [0.25, 0.3) is 0 Å². The van der Waals surface area contributed by atoms with E-state index >= 15 is 0 Å². The molecule has 1 aromatic carbocycles. The quantitative estimate of drug-likeness (QED) is 0.888. The maximum atomic E-state index is 5.47. The molecule has 0 saturated carbocycles. The summed E-state index contributed by atoms with van der Waals surface area (Å²) in [6, 6.07) is 8.25. The third-order valence-corrected chi connectivity index (χ3v) is 3.71. The number of benzene rings is 1. The first-order valence-corrected chi connectivity index (χ1v) is 7.02. The number of methoxy groups -OCH3 is 2. The smallest absolute Gasteiger partial charge is 0.127 e. The van der Waals surface area contributed by atoms with Crippen LogP contribution < -0.4 is 14.8 Å². The third-order valence-electron chi connectivity index (χ3n) is 3.71. The topological polar surface area (TPSA) is 48.3 Å². The maximum absolute atomic E-state index is 5.47. The Kier molecular flexibility index (Phi) is 4.85. The number of rotatable bonds is 6. The van der Waals surface area contributed by atoms with Gasteiger partial charge in [-0.25, -0.2) is 0 Å². The van der Waals surface area contributed by atoms with Crippen LogP contribution >= 0.6 is 0 Å². The van der Waals surface area contributed by atoms with Gasteiger partial charge in [0.05, 0.1) is 19.9 Å². The van der Waals surface area contributed by atoms with E-state index in [-0.39, 0.29) is 12.1 Å².